The van der Waals surface area contributed by atoms with Gasteiger partial charge in [-0.25, -0.2) is 17.6 Å². The second-order valence-corrected chi connectivity index (χ2v) is 6.28. The predicted octanol–water partition coefficient (Wildman–Crippen LogP) is 4.24. The highest BCUT2D eigenvalue weighted by Crippen LogP contribution is 2.13. The van der Waals surface area contributed by atoms with Crippen LogP contribution in [0.2, 0.25) is 0 Å². The fourth-order valence-corrected chi connectivity index (χ4v) is 2.61. The van der Waals surface area contributed by atoms with Crippen molar-refractivity contribution in [2.75, 3.05) is 5.75 Å². The van der Waals surface area contributed by atoms with Gasteiger partial charge in [0.2, 0.25) is 5.78 Å². The fourth-order valence-electron chi connectivity index (χ4n) is 1.84. The maximum absolute atomic E-state index is 13.4. The minimum atomic E-state index is -1.73. The summed E-state index contributed by atoms with van der Waals surface area (Å²) in [5.41, 5.74) is 0.0515. The summed E-state index contributed by atoms with van der Waals surface area (Å²) in [6.07, 6.45) is 3.36. The Labute approximate surface area is 144 Å². The lowest BCUT2D eigenvalue weighted by Crippen LogP contribution is -2.11. The highest BCUT2D eigenvalue weighted by Gasteiger charge is 2.09. The molecule has 7 heteroatoms. The molecule has 2 rings (SSSR count). The number of hydrogen-bond acceptors (Lipinski definition) is 2. The zero-order chi connectivity index (χ0) is 18.4. The molecule has 2 aromatic carbocycles. The summed E-state index contributed by atoms with van der Waals surface area (Å²) in [5.74, 6) is -4.04. The number of benzene rings is 2. The molecule has 1 atom stereocenters. The van der Waals surface area contributed by atoms with E-state index in [0.717, 1.165) is 29.7 Å². The molecule has 2 nitrogen and oxygen atoms in total. The minimum absolute atomic E-state index is 0.0180. The molecule has 0 heterocycles. The van der Waals surface area contributed by atoms with E-state index in [-0.39, 0.29) is 11.1 Å². The summed E-state index contributed by atoms with van der Waals surface area (Å²) in [5, 5.41) is 1.11. The number of rotatable bonds is 6. The summed E-state index contributed by atoms with van der Waals surface area (Å²) < 4.78 is 64.1. The highest BCUT2D eigenvalue weighted by molar-refractivity contribution is 7.95. The van der Waals surface area contributed by atoms with E-state index in [9.17, 15) is 26.9 Å². The molecule has 0 N–H and O–H groups in total. The Balaban J connectivity index is 1.95. The third kappa shape index (κ3) is 5.88. The summed E-state index contributed by atoms with van der Waals surface area (Å²) in [7, 11) is 0. The molecular weight excluding hydrogens is 356 g/mol. The average Bonchev–Trinajstić information content (AvgIpc) is 2.53. The molecule has 0 saturated carbocycles. The standard InChI is InChI=1S/C18H12F4O2S/c19-14-4-1-12(17(21)9-14)3-6-16(23)11-25(24)8-7-13-2-5-15(20)10-18(13)22/h1-10H,11H2/b6-3+,8-7+. The number of carbonyl (C=O) groups excluding carboxylic acids is 1. The molecule has 0 aliphatic heterocycles. The van der Waals surface area contributed by atoms with Crippen LogP contribution in [0.25, 0.3) is 12.2 Å². The Kier molecular flexibility index (Phi) is 6.55. The summed E-state index contributed by atoms with van der Waals surface area (Å²) in [6.45, 7) is 0. The molecule has 0 aromatic heterocycles. The highest BCUT2D eigenvalue weighted by atomic mass is 32.2. The van der Waals surface area contributed by atoms with Gasteiger partial charge in [-0.3, -0.25) is 4.79 Å². The Morgan fingerprint density at radius 3 is 1.96 bits per heavy atom. The minimum Gasteiger partial charge on any atom is -0.612 e. The van der Waals surface area contributed by atoms with E-state index in [2.05, 4.69) is 0 Å². The lowest BCUT2D eigenvalue weighted by Gasteiger charge is -2.03. The van der Waals surface area contributed by atoms with Crippen LogP contribution >= 0.6 is 0 Å². The van der Waals surface area contributed by atoms with E-state index in [0.29, 0.717) is 12.1 Å². The molecule has 25 heavy (non-hydrogen) atoms. The van der Waals surface area contributed by atoms with Crippen molar-refractivity contribution in [3.05, 3.63) is 82.3 Å². The molecular formula is C18H12F4O2S. The number of allylic oxidation sites excluding steroid dienone is 1. The SMILES string of the molecule is O=C(/C=C/c1ccc(F)cc1F)C[S+]([O-])/C=C/c1ccc(F)cc1F. The van der Waals surface area contributed by atoms with Crippen LogP contribution in [0.5, 0.6) is 0 Å². The van der Waals surface area contributed by atoms with Gasteiger partial charge in [-0.05, 0) is 53.7 Å². The Bertz CT molecular complexity index is 834. The first-order valence-corrected chi connectivity index (χ1v) is 8.40. The zero-order valence-corrected chi connectivity index (χ0v) is 13.5. The number of ketones is 1. The van der Waals surface area contributed by atoms with Crippen LogP contribution in [0.4, 0.5) is 17.6 Å². The number of halogens is 4. The Hall–Kier alpha value is -2.38. The van der Waals surface area contributed by atoms with Crippen molar-refractivity contribution in [1.29, 1.82) is 0 Å². The predicted molar refractivity (Wildman–Crippen MR) is 88.8 cm³/mol. The molecule has 0 fully saturated rings. The van der Waals surface area contributed by atoms with E-state index in [4.69, 9.17) is 0 Å². The topological polar surface area (TPSA) is 40.1 Å². The lowest BCUT2D eigenvalue weighted by atomic mass is 10.2. The van der Waals surface area contributed by atoms with Crippen LogP contribution < -0.4 is 0 Å². The first-order valence-electron chi connectivity index (χ1n) is 7.01. The van der Waals surface area contributed by atoms with Crippen LogP contribution in [-0.2, 0) is 16.0 Å². The van der Waals surface area contributed by atoms with Crippen LogP contribution in [0.15, 0.2) is 47.9 Å². The van der Waals surface area contributed by atoms with Gasteiger partial charge in [0.25, 0.3) is 0 Å². The largest absolute Gasteiger partial charge is 0.612 e. The van der Waals surface area contributed by atoms with Crippen LogP contribution in [0, 0.1) is 23.3 Å². The zero-order valence-electron chi connectivity index (χ0n) is 12.7. The van der Waals surface area contributed by atoms with Gasteiger partial charge < -0.3 is 4.55 Å². The molecule has 130 valence electrons. The van der Waals surface area contributed by atoms with Gasteiger partial charge in [-0.15, -0.1) is 0 Å². The van der Waals surface area contributed by atoms with Crippen LogP contribution in [0.1, 0.15) is 11.1 Å². The summed E-state index contributed by atoms with van der Waals surface area (Å²) in [4.78, 5) is 11.7. The van der Waals surface area contributed by atoms with Gasteiger partial charge in [0.15, 0.2) is 5.75 Å². The maximum Gasteiger partial charge on any atom is 0.205 e. The van der Waals surface area contributed by atoms with E-state index >= 15 is 0 Å². The van der Waals surface area contributed by atoms with Crippen molar-refractivity contribution >= 4 is 29.1 Å². The normalized spacial score (nSPS) is 12.8. The Morgan fingerprint density at radius 1 is 0.920 bits per heavy atom. The lowest BCUT2D eigenvalue weighted by molar-refractivity contribution is -0.112. The number of hydrogen-bond donors (Lipinski definition) is 0. The molecule has 0 spiro atoms. The van der Waals surface area contributed by atoms with Crippen LogP contribution in [0.3, 0.4) is 0 Å². The van der Waals surface area contributed by atoms with E-state index in [1.807, 2.05) is 0 Å². The summed E-state index contributed by atoms with van der Waals surface area (Å²) >= 11 is -1.73. The molecule has 0 bridgehead atoms. The first-order chi connectivity index (χ1) is 11.8. The van der Waals surface area contributed by atoms with Gasteiger partial charge in [-0.1, -0.05) is 0 Å². The molecule has 2 aromatic rings. The molecule has 0 saturated heterocycles. The number of carbonyl (C=O) groups is 1. The smallest absolute Gasteiger partial charge is 0.205 e. The van der Waals surface area contributed by atoms with Crippen molar-refractivity contribution in [2.24, 2.45) is 0 Å². The van der Waals surface area contributed by atoms with Gasteiger partial charge in [0.05, 0.1) is 0 Å². The van der Waals surface area contributed by atoms with Gasteiger partial charge in [0, 0.05) is 23.3 Å². The van der Waals surface area contributed by atoms with Crippen molar-refractivity contribution in [3.8, 4) is 0 Å². The Morgan fingerprint density at radius 2 is 1.44 bits per heavy atom. The molecule has 0 aliphatic carbocycles. The fraction of sp³-hybridized carbons (Fsp3) is 0.0556. The second kappa shape index (κ2) is 8.64. The van der Waals surface area contributed by atoms with Gasteiger partial charge >= 0.3 is 0 Å². The van der Waals surface area contributed by atoms with E-state index in [1.54, 1.807) is 0 Å². The quantitative estimate of drug-likeness (QED) is 0.435. The molecule has 0 amide bonds. The molecule has 0 aliphatic rings. The monoisotopic (exact) mass is 368 g/mol. The molecule has 0 radical (unpaired) electrons. The average molecular weight is 368 g/mol. The van der Waals surface area contributed by atoms with E-state index in [1.165, 1.54) is 18.2 Å². The summed E-state index contributed by atoms with van der Waals surface area (Å²) in [6, 6.07) is 5.82. The maximum atomic E-state index is 13.4. The van der Waals surface area contributed by atoms with Crippen molar-refractivity contribution in [3.63, 3.8) is 0 Å². The first kappa shape index (κ1) is 19.0. The van der Waals surface area contributed by atoms with Crippen molar-refractivity contribution < 1.29 is 26.9 Å². The second-order valence-electron chi connectivity index (χ2n) is 4.96. The third-order valence-corrected chi connectivity index (χ3v) is 4.07. The van der Waals surface area contributed by atoms with Crippen molar-refractivity contribution in [2.45, 2.75) is 0 Å². The third-order valence-electron chi connectivity index (χ3n) is 3.06. The van der Waals surface area contributed by atoms with Crippen molar-refractivity contribution in [1.82, 2.24) is 0 Å². The van der Waals surface area contributed by atoms with Gasteiger partial charge in [-0.2, -0.15) is 0 Å². The molecule has 1 unspecified atom stereocenters. The van der Waals surface area contributed by atoms with E-state index < -0.39 is 46.0 Å². The van der Waals surface area contributed by atoms with Gasteiger partial charge in [0.1, 0.15) is 28.7 Å². The van der Waals surface area contributed by atoms with Crippen LogP contribution in [-0.4, -0.2) is 16.1 Å².